The van der Waals surface area contributed by atoms with Crippen molar-refractivity contribution in [2.24, 2.45) is 0 Å². The second-order valence-corrected chi connectivity index (χ2v) is 4.94. The third kappa shape index (κ3) is 4.35. The zero-order valence-corrected chi connectivity index (χ0v) is 12.2. The number of carbonyl (C=O) groups excluding carboxylic acids is 1. The van der Waals surface area contributed by atoms with Crippen molar-refractivity contribution in [1.82, 2.24) is 0 Å². The number of carboxylic acid groups (broad SMARTS) is 1. The summed E-state index contributed by atoms with van der Waals surface area (Å²) in [5.74, 6) is -0.293. The molecule has 2 rings (SSSR count). The Balaban J connectivity index is 1.99. The van der Waals surface area contributed by atoms with Crippen molar-refractivity contribution in [3.63, 3.8) is 0 Å². The van der Waals surface area contributed by atoms with Gasteiger partial charge in [-0.1, -0.05) is 56.2 Å². The van der Waals surface area contributed by atoms with Gasteiger partial charge in [-0.05, 0) is 35.2 Å². The van der Waals surface area contributed by atoms with E-state index in [9.17, 15) is 9.90 Å². The third-order valence-electron chi connectivity index (χ3n) is 3.32. The zero-order chi connectivity index (χ0) is 15.1. The topological polar surface area (TPSA) is 49.4 Å². The molecule has 0 saturated heterocycles. The Morgan fingerprint density at radius 1 is 0.952 bits per heavy atom. The van der Waals surface area contributed by atoms with Crippen LogP contribution < -0.4 is 9.84 Å². The highest BCUT2D eigenvalue weighted by Gasteiger charge is 2.00. The summed E-state index contributed by atoms with van der Waals surface area (Å²) in [6.45, 7) is 2.91. The number of hydrogen-bond donors (Lipinski definition) is 0. The Morgan fingerprint density at radius 2 is 1.52 bits per heavy atom. The Hall–Kier alpha value is -2.29. The average Bonchev–Trinajstić information content (AvgIpc) is 2.52. The van der Waals surface area contributed by atoms with Crippen LogP contribution in [0, 0.1) is 0 Å². The molecule has 0 radical (unpaired) electrons. The minimum absolute atomic E-state index is 0.189. The Morgan fingerprint density at radius 3 is 2.05 bits per heavy atom. The molecule has 0 atom stereocenters. The van der Waals surface area contributed by atoms with Crippen molar-refractivity contribution >= 4 is 5.97 Å². The van der Waals surface area contributed by atoms with Crippen LogP contribution >= 0.6 is 0 Å². The van der Waals surface area contributed by atoms with Gasteiger partial charge in [-0.25, -0.2) is 0 Å². The molecule has 0 aromatic heterocycles. The first kappa shape index (κ1) is 15.1. The molecule has 0 unspecified atom stereocenters. The number of carbonyl (C=O) groups is 1. The maximum atomic E-state index is 10.7. The molecule has 0 spiro atoms. The van der Waals surface area contributed by atoms with Gasteiger partial charge < -0.3 is 14.6 Å². The van der Waals surface area contributed by atoms with E-state index in [0.29, 0.717) is 0 Å². The summed E-state index contributed by atoms with van der Waals surface area (Å²) in [4.78, 5) is 10.7. The SMILES string of the molecule is CCCCCOc1ccc(-c2ccc(C(=O)[O-])cc2)cc1. The molecular weight excluding hydrogens is 264 g/mol. The molecule has 0 bridgehead atoms. The van der Waals surface area contributed by atoms with Crippen molar-refractivity contribution in [3.05, 3.63) is 54.1 Å². The number of benzene rings is 2. The van der Waals surface area contributed by atoms with Crippen LogP contribution in [0.15, 0.2) is 48.5 Å². The summed E-state index contributed by atoms with van der Waals surface area (Å²) in [5, 5.41) is 10.7. The van der Waals surface area contributed by atoms with Crippen LogP contribution in [0.2, 0.25) is 0 Å². The fourth-order valence-electron chi connectivity index (χ4n) is 2.08. The maximum absolute atomic E-state index is 10.7. The number of hydrogen-bond acceptors (Lipinski definition) is 3. The normalized spacial score (nSPS) is 10.3. The Kier molecular flexibility index (Phi) is 5.38. The highest BCUT2D eigenvalue weighted by Crippen LogP contribution is 2.23. The van der Waals surface area contributed by atoms with E-state index >= 15 is 0 Å². The van der Waals surface area contributed by atoms with Crippen LogP contribution in [0.4, 0.5) is 0 Å². The molecular formula is C18H19O3-. The highest BCUT2D eigenvalue weighted by atomic mass is 16.5. The second-order valence-electron chi connectivity index (χ2n) is 4.94. The molecule has 0 N–H and O–H groups in total. The van der Waals surface area contributed by atoms with Crippen LogP contribution in [-0.4, -0.2) is 12.6 Å². The lowest BCUT2D eigenvalue weighted by molar-refractivity contribution is -0.255. The molecule has 2 aromatic carbocycles. The number of aromatic carboxylic acids is 1. The van der Waals surface area contributed by atoms with E-state index in [-0.39, 0.29) is 5.56 Å². The van der Waals surface area contributed by atoms with Gasteiger partial charge in [0.25, 0.3) is 0 Å². The molecule has 110 valence electrons. The first-order valence-corrected chi connectivity index (χ1v) is 7.25. The maximum Gasteiger partial charge on any atom is 0.119 e. The van der Waals surface area contributed by atoms with Crippen molar-refractivity contribution < 1.29 is 14.6 Å². The molecule has 3 heteroatoms. The smallest absolute Gasteiger partial charge is 0.119 e. The van der Waals surface area contributed by atoms with E-state index in [1.807, 2.05) is 24.3 Å². The summed E-state index contributed by atoms with van der Waals surface area (Å²) in [6, 6.07) is 14.5. The lowest BCUT2D eigenvalue weighted by Gasteiger charge is -2.08. The standard InChI is InChI=1S/C18H20O3/c1-2-3-4-13-21-17-11-9-15(10-12-17)14-5-7-16(8-6-14)18(19)20/h5-12H,2-4,13H2,1H3,(H,19,20)/p-1. The molecule has 0 saturated carbocycles. The largest absolute Gasteiger partial charge is 0.545 e. The van der Waals surface area contributed by atoms with Crippen LogP contribution in [0.25, 0.3) is 11.1 Å². The third-order valence-corrected chi connectivity index (χ3v) is 3.32. The van der Waals surface area contributed by atoms with Crippen molar-refractivity contribution in [2.75, 3.05) is 6.61 Å². The van der Waals surface area contributed by atoms with Gasteiger partial charge >= 0.3 is 0 Å². The summed E-state index contributed by atoms with van der Waals surface area (Å²) >= 11 is 0. The van der Waals surface area contributed by atoms with E-state index in [1.165, 1.54) is 12.8 Å². The van der Waals surface area contributed by atoms with E-state index in [0.717, 1.165) is 29.9 Å². The fourth-order valence-corrected chi connectivity index (χ4v) is 2.08. The predicted octanol–water partition coefficient (Wildman–Crippen LogP) is 3.29. The van der Waals surface area contributed by atoms with Crippen LogP contribution in [0.1, 0.15) is 36.5 Å². The number of rotatable bonds is 7. The van der Waals surface area contributed by atoms with Crippen molar-refractivity contribution in [2.45, 2.75) is 26.2 Å². The number of carboxylic acids is 1. The molecule has 0 aliphatic heterocycles. The Bertz CT molecular complexity index is 570. The predicted molar refractivity (Wildman–Crippen MR) is 81.2 cm³/mol. The summed E-state index contributed by atoms with van der Waals surface area (Å²) in [7, 11) is 0. The molecule has 0 aliphatic rings. The minimum atomic E-state index is -1.16. The van der Waals surface area contributed by atoms with Crippen molar-refractivity contribution in [1.29, 1.82) is 0 Å². The summed E-state index contributed by atoms with van der Waals surface area (Å²) in [6.07, 6.45) is 3.44. The lowest BCUT2D eigenvalue weighted by Crippen LogP contribution is -2.21. The van der Waals surface area contributed by atoms with E-state index in [2.05, 4.69) is 6.92 Å². The molecule has 0 fully saturated rings. The van der Waals surface area contributed by atoms with E-state index in [4.69, 9.17) is 4.74 Å². The highest BCUT2D eigenvalue weighted by molar-refractivity contribution is 5.86. The molecule has 3 nitrogen and oxygen atoms in total. The van der Waals surface area contributed by atoms with Gasteiger partial charge in [-0.3, -0.25) is 0 Å². The summed E-state index contributed by atoms with van der Waals surface area (Å²) < 4.78 is 5.66. The summed E-state index contributed by atoms with van der Waals surface area (Å²) in [5.41, 5.74) is 2.19. The quantitative estimate of drug-likeness (QED) is 0.733. The molecule has 21 heavy (non-hydrogen) atoms. The molecule has 0 amide bonds. The first-order valence-electron chi connectivity index (χ1n) is 7.25. The van der Waals surface area contributed by atoms with E-state index < -0.39 is 5.97 Å². The Labute approximate surface area is 125 Å². The molecule has 0 aliphatic carbocycles. The van der Waals surface area contributed by atoms with Gasteiger partial charge in [-0.15, -0.1) is 0 Å². The second kappa shape index (κ2) is 7.48. The molecule has 2 aromatic rings. The van der Waals surface area contributed by atoms with Gasteiger partial charge in [0.05, 0.1) is 12.6 Å². The van der Waals surface area contributed by atoms with Gasteiger partial charge in [-0.2, -0.15) is 0 Å². The van der Waals surface area contributed by atoms with Gasteiger partial charge in [0.1, 0.15) is 5.75 Å². The average molecular weight is 283 g/mol. The van der Waals surface area contributed by atoms with Crippen molar-refractivity contribution in [3.8, 4) is 16.9 Å². The van der Waals surface area contributed by atoms with Crippen LogP contribution in [-0.2, 0) is 0 Å². The molecule has 0 heterocycles. The minimum Gasteiger partial charge on any atom is -0.545 e. The number of unbranched alkanes of at least 4 members (excludes halogenated alkanes) is 2. The zero-order valence-electron chi connectivity index (χ0n) is 12.2. The van der Waals surface area contributed by atoms with Gasteiger partial charge in [0.15, 0.2) is 0 Å². The van der Waals surface area contributed by atoms with Crippen LogP contribution in [0.3, 0.4) is 0 Å². The first-order chi connectivity index (χ1) is 10.2. The van der Waals surface area contributed by atoms with Gasteiger partial charge in [0, 0.05) is 0 Å². The lowest BCUT2D eigenvalue weighted by atomic mass is 10.0. The van der Waals surface area contributed by atoms with E-state index in [1.54, 1.807) is 24.3 Å². The monoisotopic (exact) mass is 283 g/mol. The fraction of sp³-hybridized carbons (Fsp3) is 0.278. The van der Waals surface area contributed by atoms with Crippen LogP contribution in [0.5, 0.6) is 5.75 Å². The number of ether oxygens (including phenoxy) is 1. The van der Waals surface area contributed by atoms with Gasteiger partial charge in [0.2, 0.25) is 0 Å².